The number of thiophene rings is 1. The van der Waals surface area contributed by atoms with E-state index in [1.54, 1.807) is 17.2 Å². The van der Waals surface area contributed by atoms with Crippen LogP contribution in [0.4, 0.5) is 0 Å². The molecule has 2 aromatic heterocycles. The van der Waals surface area contributed by atoms with Crippen molar-refractivity contribution in [2.24, 2.45) is 11.8 Å². The highest BCUT2D eigenvalue weighted by atomic mass is 32.2. The molecule has 1 N–H and O–H groups in total. The number of likely N-dealkylation sites (tertiary alicyclic amines) is 1. The van der Waals surface area contributed by atoms with Gasteiger partial charge in [-0.05, 0) is 84.7 Å². The number of nitrogens with one attached hydrogen (secondary N) is 1. The quantitative estimate of drug-likeness (QED) is 0.0981. The summed E-state index contributed by atoms with van der Waals surface area (Å²) in [6.45, 7) is 9.27. The Hall–Kier alpha value is -3.07. The molecule has 3 saturated heterocycles. The van der Waals surface area contributed by atoms with Crippen molar-refractivity contribution in [3.63, 3.8) is 0 Å². The third-order valence-corrected chi connectivity index (χ3v) is 15.4. The lowest BCUT2D eigenvalue weighted by molar-refractivity contribution is -0.148. The van der Waals surface area contributed by atoms with Crippen molar-refractivity contribution in [2.45, 2.75) is 103 Å². The number of aromatic nitrogens is 1. The monoisotopic (exact) mass is 870 g/mol. The molecule has 3 amide bonds. The summed E-state index contributed by atoms with van der Waals surface area (Å²) < 4.78 is 26.6. The summed E-state index contributed by atoms with van der Waals surface area (Å²) in [5.74, 6) is 0.850. The average molecular weight is 871 g/mol. The zero-order chi connectivity index (χ0) is 41.4. The molecule has 6 rings (SSSR count). The number of nitrogens with zero attached hydrogens (tertiary/aromatic N) is 3. The van der Waals surface area contributed by atoms with E-state index < -0.39 is 19.7 Å². The highest BCUT2D eigenvalue weighted by Gasteiger charge is 2.47. The Balaban J connectivity index is 1.07. The first kappa shape index (κ1) is 44.5. The van der Waals surface area contributed by atoms with Crippen molar-refractivity contribution in [3.8, 4) is 0 Å². The Morgan fingerprint density at radius 2 is 1.62 bits per heavy atom. The van der Waals surface area contributed by atoms with Crippen LogP contribution in [-0.2, 0) is 39.0 Å². The fraction of sp³-hybridized carbons (Fsp3) is 0.571. The summed E-state index contributed by atoms with van der Waals surface area (Å²) in [5.41, 5.74) is 1.80. The lowest BCUT2D eigenvalue weighted by atomic mass is 9.92. The number of thioether (sulfide) groups is 2. The largest absolute Gasteiger partial charge is 0.340 e. The van der Waals surface area contributed by atoms with Crippen LogP contribution in [0.15, 0.2) is 48.8 Å². The second kappa shape index (κ2) is 20.5. The van der Waals surface area contributed by atoms with Crippen LogP contribution in [0.2, 0.25) is 0 Å². The number of rotatable bonds is 18. The minimum Gasteiger partial charge on any atom is -0.340 e. The van der Waals surface area contributed by atoms with E-state index in [4.69, 9.17) is 9.05 Å². The van der Waals surface area contributed by atoms with Gasteiger partial charge in [0.1, 0.15) is 12.1 Å². The highest BCUT2D eigenvalue weighted by molar-refractivity contribution is 8.13. The van der Waals surface area contributed by atoms with Crippen LogP contribution in [-0.4, -0.2) is 98.7 Å². The maximum atomic E-state index is 14.1. The molecule has 3 atom stereocenters. The standard InChI is InChI=1S/C42H55N4O8PS3/c1-27(2)19-38(47)56-17-15-53-55(52,54-16-18-57-39(48)20-28(3)4)26-29-10-13-36-31(21-29)22-37(58-36)40(49)44-34-9-5-8-33-11-12-35(46(33)41(34)50)42(51)45-24-32(25-45)30-7-6-14-43-23-30/h6-7,10,13-14,21-23,27-28,32-35H,5,8-9,11-12,15-20,24-26H2,1-4H3,(H,44,49)/t33-,34-,35-/m0/s1. The number of pyridine rings is 1. The van der Waals surface area contributed by atoms with E-state index in [2.05, 4.69) is 10.3 Å². The molecule has 3 aliphatic rings. The zero-order valence-corrected chi connectivity index (χ0v) is 37.1. The summed E-state index contributed by atoms with van der Waals surface area (Å²) in [7, 11) is -3.68. The van der Waals surface area contributed by atoms with E-state index in [1.165, 1.54) is 11.3 Å². The van der Waals surface area contributed by atoms with Crippen molar-refractivity contribution in [1.82, 2.24) is 20.1 Å². The van der Waals surface area contributed by atoms with Gasteiger partial charge in [0.15, 0.2) is 10.2 Å². The second-order valence-corrected chi connectivity index (χ2v) is 21.7. The third kappa shape index (κ3) is 11.8. The summed E-state index contributed by atoms with van der Waals surface area (Å²) in [6.07, 6.45) is 7.93. The van der Waals surface area contributed by atoms with E-state index in [-0.39, 0.29) is 71.1 Å². The predicted molar refractivity (Wildman–Crippen MR) is 231 cm³/mol. The summed E-state index contributed by atoms with van der Waals surface area (Å²) in [6, 6.07) is 10.0. The van der Waals surface area contributed by atoms with Crippen LogP contribution in [0.3, 0.4) is 0 Å². The van der Waals surface area contributed by atoms with Gasteiger partial charge in [-0.15, -0.1) is 11.3 Å². The molecule has 0 aliphatic carbocycles. The fourth-order valence-corrected chi connectivity index (χ4v) is 12.3. The Kier molecular flexibility index (Phi) is 15.7. The van der Waals surface area contributed by atoms with E-state index >= 15 is 0 Å². The lowest BCUT2D eigenvalue weighted by Crippen LogP contribution is -2.58. The predicted octanol–water partition coefficient (Wildman–Crippen LogP) is 7.90. The van der Waals surface area contributed by atoms with Crippen LogP contribution >= 0.6 is 42.5 Å². The van der Waals surface area contributed by atoms with E-state index in [9.17, 15) is 28.5 Å². The maximum Gasteiger partial charge on any atom is 0.335 e. The molecule has 3 aromatic rings. The van der Waals surface area contributed by atoms with Crippen molar-refractivity contribution in [1.29, 1.82) is 0 Å². The number of carbonyl (C=O) groups is 5. The molecule has 3 aliphatic heterocycles. The summed E-state index contributed by atoms with van der Waals surface area (Å²) in [5, 5.41) is 3.89. The van der Waals surface area contributed by atoms with Gasteiger partial charge in [-0.1, -0.05) is 63.4 Å². The SMILES string of the molecule is CC(C)CC(=O)SCCOP(=O)(Cc1ccc2sc(C(=O)N[C@H]3CCC[C@H]4CC[C@@H](C(=O)N5CC(c6cccnc6)C5)N4C3=O)cc2c1)OCCSC(=O)CC(C)C. The number of hydrogen-bond acceptors (Lipinski definition) is 12. The van der Waals surface area contributed by atoms with Gasteiger partial charge in [0.2, 0.25) is 11.8 Å². The molecule has 0 unspecified atom stereocenters. The Morgan fingerprint density at radius 3 is 2.26 bits per heavy atom. The number of fused-ring (bicyclic) bond motifs is 2. The van der Waals surface area contributed by atoms with E-state index in [0.29, 0.717) is 60.7 Å². The third-order valence-electron chi connectivity index (χ3n) is 10.6. The lowest BCUT2D eigenvalue weighted by Gasteiger charge is -2.42. The van der Waals surface area contributed by atoms with Gasteiger partial charge >= 0.3 is 7.60 Å². The topological polar surface area (TPSA) is 152 Å². The number of carbonyl (C=O) groups excluding carboxylic acids is 5. The average Bonchev–Trinajstić information content (AvgIpc) is 3.75. The van der Waals surface area contributed by atoms with Crippen molar-refractivity contribution in [2.75, 3.05) is 37.8 Å². The molecular formula is C42H55N4O8PS3. The minimum absolute atomic E-state index is 0.0114. The molecule has 3 fully saturated rings. The molecular weight excluding hydrogens is 816 g/mol. The van der Waals surface area contributed by atoms with Gasteiger partial charge in [0.25, 0.3) is 5.91 Å². The summed E-state index contributed by atoms with van der Waals surface area (Å²) >= 11 is 3.61. The van der Waals surface area contributed by atoms with Gasteiger partial charge in [0, 0.05) is 66.5 Å². The Bertz CT molecular complexity index is 1950. The molecule has 5 heterocycles. The van der Waals surface area contributed by atoms with Crippen LogP contribution in [0.25, 0.3) is 10.1 Å². The summed E-state index contributed by atoms with van der Waals surface area (Å²) in [4.78, 5) is 74.2. The Morgan fingerprint density at radius 1 is 0.931 bits per heavy atom. The first-order chi connectivity index (χ1) is 27.8. The minimum atomic E-state index is -3.68. The van der Waals surface area contributed by atoms with Gasteiger partial charge in [-0.3, -0.25) is 33.5 Å². The molecule has 0 radical (unpaired) electrons. The molecule has 0 bridgehead atoms. The van der Waals surface area contributed by atoms with Crippen LogP contribution < -0.4 is 5.32 Å². The highest BCUT2D eigenvalue weighted by Crippen LogP contribution is 2.52. The smallest absolute Gasteiger partial charge is 0.335 e. The maximum absolute atomic E-state index is 14.1. The number of amides is 3. The van der Waals surface area contributed by atoms with E-state index in [1.807, 2.05) is 69.1 Å². The molecule has 58 heavy (non-hydrogen) atoms. The first-order valence-corrected chi connectivity index (χ1v) is 24.8. The van der Waals surface area contributed by atoms with Crippen molar-refractivity contribution < 1.29 is 37.6 Å². The Labute approximate surface area is 353 Å². The van der Waals surface area contributed by atoms with Crippen LogP contribution in [0, 0.1) is 11.8 Å². The molecule has 16 heteroatoms. The second-order valence-electron chi connectivity index (χ2n) is 16.2. The number of hydrogen-bond donors (Lipinski definition) is 1. The van der Waals surface area contributed by atoms with Crippen molar-refractivity contribution in [3.05, 3.63) is 64.8 Å². The zero-order valence-electron chi connectivity index (χ0n) is 33.8. The van der Waals surface area contributed by atoms with Gasteiger partial charge < -0.3 is 24.2 Å². The van der Waals surface area contributed by atoms with Crippen LogP contribution in [0.5, 0.6) is 0 Å². The van der Waals surface area contributed by atoms with Gasteiger partial charge in [-0.25, -0.2) is 0 Å². The fourth-order valence-electron chi connectivity index (χ4n) is 7.77. The number of benzene rings is 1. The molecule has 0 spiro atoms. The van der Waals surface area contributed by atoms with E-state index in [0.717, 1.165) is 58.4 Å². The van der Waals surface area contributed by atoms with Crippen molar-refractivity contribution >= 4 is 80.5 Å². The normalized spacial score (nSPS) is 20.0. The molecule has 12 nitrogen and oxygen atoms in total. The van der Waals surface area contributed by atoms with Crippen LogP contribution in [0.1, 0.15) is 99.4 Å². The molecule has 314 valence electrons. The first-order valence-electron chi connectivity index (χ1n) is 20.3. The molecule has 1 aromatic carbocycles. The molecule has 0 saturated carbocycles. The van der Waals surface area contributed by atoms with Gasteiger partial charge in [0.05, 0.1) is 24.3 Å². The van der Waals surface area contributed by atoms with Gasteiger partial charge in [-0.2, -0.15) is 0 Å².